The fourth-order valence-electron chi connectivity index (χ4n) is 0.836. The molecule has 0 aromatic carbocycles. The maximum atomic E-state index is 11.1. The molecule has 16 heavy (non-hydrogen) atoms. The van der Waals surface area contributed by atoms with E-state index in [1.807, 2.05) is 13.8 Å². The summed E-state index contributed by atoms with van der Waals surface area (Å²) in [5, 5.41) is 0. The van der Waals surface area contributed by atoms with E-state index in [1.165, 1.54) is 0 Å². The number of hydrogen-bond acceptors (Lipinski definition) is 4. The van der Waals surface area contributed by atoms with Crippen LogP contribution in [0, 0.1) is 5.92 Å². The maximum Gasteiger partial charge on any atom is 0.333 e. The van der Waals surface area contributed by atoms with Gasteiger partial charge in [-0.05, 0) is 19.3 Å². The Balaban J connectivity index is 3.48. The van der Waals surface area contributed by atoms with Crippen molar-refractivity contribution in [3.05, 3.63) is 12.2 Å². The van der Waals surface area contributed by atoms with Crippen LogP contribution in [0.4, 0.5) is 0 Å². The van der Waals surface area contributed by atoms with E-state index in [1.54, 1.807) is 6.92 Å². The minimum Gasteiger partial charge on any atom is -0.465 e. The van der Waals surface area contributed by atoms with Crippen LogP contribution in [0.3, 0.4) is 0 Å². The first kappa shape index (κ1) is 14.7. The number of ether oxygens (including phenoxy) is 2. The monoisotopic (exact) mass is 228 g/mol. The molecule has 0 bridgehead atoms. The highest BCUT2D eigenvalue weighted by atomic mass is 16.5. The molecule has 4 heteroatoms. The van der Waals surface area contributed by atoms with Gasteiger partial charge in [-0.25, -0.2) is 4.79 Å². The predicted octanol–water partition coefficient (Wildman–Crippen LogP) is 2.09. The second kappa shape index (κ2) is 7.91. The van der Waals surface area contributed by atoms with Gasteiger partial charge in [0.2, 0.25) is 0 Å². The summed E-state index contributed by atoms with van der Waals surface area (Å²) in [6.45, 7) is 9.64. The third kappa shape index (κ3) is 8.03. The van der Waals surface area contributed by atoms with Crippen molar-refractivity contribution in [2.45, 2.75) is 33.6 Å². The second-order valence-electron chi connectivity index (χ2n) is 4.10. The van der Waals surface area contributed by atoms with Crippen LogP contribution >= 0.6 is 0 Å². The smallest absolute Gasteiger partial charge is 0.333 e. The Bertz CT molecular complexity index is 256. The molecule has 0 fully saturated rings. The molecular weight excluding hydrogens is 208 g/mol. The van der Waals surface area contributed by atoms with Gasteiger partial charge in [0, 0.05) is 12.0 Å². The Kier molecular flexibility index (Phi) is 7.25. The molecule has 0 N–H and O–H groups in total. The minimum absolute atomic E-state index is 0.225. The summed E-state index contributed by atoms with van der Waals surface area (Å²) in [5.74, 6) is -0.333. The van der Waals surface area contributed by atoms with Crippen LogP contribution in [0.1, 0.15) is 33.6 Å². The molecule has 0 heterocycles. The number of hydrogen-bond donors (Lipinski definition) is 0. The zero-order chi connectivity index (χ0) is 12.6. The van der Waals surface area contributed by atoms with Gasteiger partial charge in [0.05, 0.1) is 13.2 Å². The van der Waals surface area contributed by atoms with Crippen LogP contribution in [0.2, 0.25) is 0 Å². The van der Waals surface area contributed by atoms with Crippen molar-refractivity contribution >= 4 is 11.9 Å². The number of carbonyl (C=O) groups excluding carboxylic acids is 2. The van der Waals surface area contributed by atoms with E-state index in [4.69, 9.17) is 9.47 Å². The van der Waals surface area contributed by atoms with Crippen LogP contribution in [0.25, 0.3) is 0 Å². The van der Waals surface area contributed by atoms with Gasteiger partial charge in [-0.3, -0.25) is 4.79 Å². The number of carbonyl (C=O) groups is 2. The minimum atomic E-state index is -0.421. The standard InChI is InChI=1S/C12H20O4/c1-9(2)8-16-11(13)6-5-7-15-12(14)10(3)4/h9H,3,5-8H2,1-2,4H3. The van der Waals surface area contributed by atoms with Crippen molar-refractivity contribution in [3.63, 3.8) is 0 Å². The van der Waals surface area contributed by atoms with Crippen molar-refractivity contribution in [1.82, 2.24) is 0 Å². The third-order valence-electron chi connectivity index (χ3n) is 1.68. The first-order valence-electron chi connectivity index (χ1n) is 5.41. The highest BCUT2D eigenvalue weighted by molar-refractivity contribution is 5.86. The lowest BCUT2D eigenvalue weighted by Gasteiger charge is -2.07. The third-order valence-corrected chi connectivity index (χ3v) is 1.68. The quantitative estimate of drug-likeness (QED) is 0.380. The SMILES string of the molecule is C=C(C)C(=O)OCCCC(=O)OCC(C)C. The Morgan fingerprint density at radius 2 is 1.88 bits per heavy atom. The fraction of sp³-hybridized carbons (Fsp3) is 0.667. The Labute approximate surface area is 96.6 Å². The first-order valence-corrected chi connectivity index (χ1v) is 5.41. The molecule has 0 aromatic rings. The molecule has 0 saturated heterocycles. The van der Waals surface area contributed by atoms with Crippen molar-refractivity contribution in [2.75, 3.05) is 13.2 Å². The van der Waals surface area contributed by atoms with Crippen LogP contribution in [-0.2, 0) is 19.1 Å². The molecule has 0 amide bonds. The summed E-state index contributed by atoms with van der Waals surface area (Å²) in [4.78, 5) is 22.1. The second-order valence-corrected chi connectivity index (χ2v) is 4.10. The van der Waals surface area contributed by atoms with Gasteiger partial charge in [0.15, 0.2) is 0 Å². The Morgan fingerprint density at radius 1 is 1.25 bits per heavy atom. The van der Waals surface area contributed by atoms with Gasteiger partial charge in [-0.1, -0.05) is 20.4 Å². The number of rotatable bonds is 7. The zero-order valence-corrected chi connectivity index (χ0v) is 10.2. The molecule has 0 aliphatic carbocycles. The molecule has 0 aliphatic heterocycles. The average molecular weight is 228 g/mol. The lowest BCUT2D eigenvalue weighted by atomic mass is 10.2. The molecule has 0 spiro atoms. The van der Waals surface area contributed by atoms with E-state index < -0.39 is 5.97 Å². The van der Waals surface area contributed by atoms with Gasteiger partial charge in [0.1, 0.15) is 0 Å². The Hall–Kier alpha value is -1.32. The number of esters is 2. The van der Waals surface area contributed by atoms with Gasteiger partial charge in [0.25, 0.3) is 0 Å². The molecular formula is C12H20O4. The zero-order valence-electron chi connectivity index (χ0n) is 10.2. The van der Waals surface area contributed by atoms with Gasteiger partial charge in [-0.15, -0.1) is 0 Å². The van der Waals surface area contributed by atoms with Crippen LogP contribution in [-0.4, -0.2) is 25.2 Å². The highest BCUT2D eigenvalue weighted by Gasteiger charge is 2.06. The van der Waals surface area contributed by atoms with E-state index in [0.717, 1.165) is 0 Å². The van der Waals surface area contributed by atoms with Crippen LogP contribution in [0.15, 0.2) is 12.2 Å². The van der Waals surface area contributed by atoms with Crippen molar-refractivity contribution in [3.8, 4) is 0 Å². The molecule has 0 atom stereocenters. The molecule has 0 radical (unpaired) electrons. The molecule has 0 rings (SSSR count). The van der Waals surface area contributed by atoms with E-state index in [-0.39, 0.29) is 19.0 Å². The lowest BCUT2D eigenvalue weighted by molar-refractivity contribution is -0.146. The topological polar surface area (TPSA) is 52.6 Å². The van der Waals surface area contributed by atoms with E-state index in [0.29, 0.717) is 24.5 Å². The molecule has 0 aliphatic rings. The van der Waals surface area contributed by atoms with Gasteiger partial charge < -0.3 is 9.47 Å². The molecule has 0 saturated carbocycles. The summed E-state index contributed by atoms with van der Waals surface area (Å²) in [6.07, 6.45) is 0.756. The summed E-state index contributed by atoms with van der Waals surface area (Å²) < 4.78 is 9.79. The highest BCUT2D eigenvalue weighted by Crippen LogP contribution is 1.99. The summed E-state index contributed by atoms with van der Waals surface area (Å²) in [7, 11) is 0. The molecule has 0 aromatic heterocycles. The van der Waals surface area contributed by atoms with Crippen molar-refractivity contribution in [2.24, 2.45) is 5.92 Å². The van der Waals surface area contributed by atoms with Crippen molar-refractivity contribution in [1.29, 1.82) is 0 Å². The first-order chi connectivity index (χ1) is 7.43. The average Bonchev–Trinajstić information content (AvgIpc) is 2.20. The normalized spacial score (nSPS) is 10.0. The molecule has 4 nitrogen and oxygen atoms in total. The van der Waals surface area contributed by atoms with Gasteiger partial charge in [-0.2, -0.15) is 0 Å². The maximum absolute atomic E-state index is 11.1. The van der Waals surface area contributed by atoms with E-state index in [2.05, 4.69) is 6.58 Å². The van der Waals surface area contributed by atoms with Crippen molar-refractivity contribution < 1.29 is 19.1 Å². The predicted molar refractivity (Wildman–Crippen MR) is 60.8 cm³/mol. The van der Waals surface area contributed by atoms with E-state index >= 15 is 0 Å². The van der Waals surface area contributed by atoms with E-state index in [9.17, 15) is 9.59 Å². The van der Waals surface area contributed by atoms with Gasteiger partial charge >= 0.3 is 11.9 Å². The summed E-state index contributed by atoms with van der Waals surface area (Å²) in [5.41, 5.74) is 0.363. The van der Waals surface area contributed by atoms with Crippen LogP contribution in [0.5, 0.6) is 0 Å². The van der Waals surface area contributed by atoms with Crippen LogP contribution < -0.4 is 0 Å². The molecule has 92 valence electrons. The fourth-order valence-corrected chi connectivity index (χ4v) is 0.836. The summed E-state index contributed by atoms with van der Waals surface area (Å²) in [6, 6.07) is 0. The molecule has 0 unspecified atom stereocenters. The summed E-state index contributed by atoms with van der Waals surface area (Å²) >= 11 is 0. The largest absolute Gasteiger partial charge is 0.465 e. The Morgan fingerprint density at radius 3 is 2.38 bits per heavy atom. The lowest BCUT2D eigenvalue weighted by Crippen LogP contribution is -2.12.